The topological polar surface area (TPSA) is 57.4 Å². The molecule has 1 radical (unpaired) electrons. The van der Waals surface area contributed by atoms with Crippen LogP contribution in [0, 0.1) is 0 Å². The summed E-state index contributed by atoms with van der Waals surface area (Å²) in [7, 11) is 0. The van der Waals surface area contributed by atoms with E-state index in [1.165, 1.54) is 0 Å². The molecule has 2 aliphatic rings. The molecule has 0 saturated carbocycles. The van der Waals surface area contributed by atoms with Crippen LogP contribution >= 0.6 is 0 Å². The quantitative estimate of drug-likeness (QED) is 0.451. The molecule has 0 fully saturated rings. The second-order valence-electron chi connectivity index (χ2n) is 6.20. The largest absolute Gasteiger partial charge is 0.355 e. The van der Waals surface area contributed by atoms with E-state index < -0.39 is 0 Å². The molecule has 3 aromatic heterocycles. The third-order valence-corrected chi connectivity index (χ3v) is 4.32. The number of aromatic amines is 2. The van der Waals surface area contributed by atoms with E-state index in [1.807, 2.05) is 12.2 Å². The van der Waals surface area contributed by atoms with Gasteiger partial charge in [-0.15, -0.1) is 0 Å². The molecule has 0 aliphatic carbocycles. The van der Waals surface area contributed by atoms with Crippen LogP contribution < -0.4 is 0 Å². The van der Waals surface area contributed by atoms with Gasteiger partial charge >= 0.3 is 0 Å². The normalized spacial score (nSPS) is 12.8. The van der Waals surface area contributed by atoms with Crippen molar-refractivity contribution in [2.24, 2.45) is 0 Å². The zero-order valence-electron chi connectivity index (χ0n) is 13.4. The summed E-state index contributed by atoms with van der Waals surface area (Å²) in [5.74, 6) is 0. The Bertz CT molecular complexity index is 1040. The number of hydrogen-bond donors (Lipinski definition) is 2. The van der Waals surface area contributed by atoms with E-state index in [9.17, 15) is 0 Å². The predicted octanol–water partition coefficient (Wildman–Crippen LogP) is 4.27. The zero-order chi connectivity index (χ0) is 15.9. The Morgan fingerprint density at radius 3 is 1.52 bits per heavy atom. The van der Waals surface area contributed by atoms with Gasteiger partial charge in [-0.05, 0) is 73.5 Å². The number of nitrogens with zero attached hydrogens (tertiary/aromatic N) is 2. The summed E-state index contributed by atoms with van der Waals surface area (Å²) in [5.41, 5.74) is 8.40. The van der Waals surface area contributed by atoms with Crippen LogP contribution in [0.2, 0.25) is 0 Å². The minimum absolute atomic E-state index is 0. The Labute approximate surface area is 155 Å². The minimum atomic E-state index is 0. The predicted molar refractivity (Wildman–Crippen MR) is 97.3 cm³/mol. The van der Waals surface area contributed by atoms with Gasteiger partial charge in [0.25, 0.3) is 0 Å². The van der Waals surface area contributed by atoms with Crippen LogP contribution in [0.5, 0.6) is 0 Å². The molecule has 4 nitrogen and oxygen atoms in total. The summed E-state index contributed by atoms with van der Waals surface area (Å²) in [5, 5.41) is 0. The monoisotopic (exact) mass is 375 g/mol. The van der Waals surface area contributed by atoms with Gasteiger partial charge in [0.1, 0.15) is 0 Å². The molecular formula is C20H16CuN4. The van der Waals surface area contributed by atoms with Crippen molar-refractivity contribution in [2.45, 2.75) is 12.8 Å². The molecule has 0 aromatic carbocycles. The molecule has 0 unspecified atom stereocenters. The van der Waals surface area contributed by atoms with Crippen molar-refractivity contribution in [3.05, 3.63) is 71.3 Å². The first kappa shape index (κ1) is 15.9. The van der Waals surface area contributed by atoms with Gasteiger partial charge in [-0.2, -0.15) is 0 Å². The van der Waals surface area contributed by atoms with Crippen LogP contribution in [0.4, 0.5) is 0 Å². The van der Waals surface area contributed by atoms with E-state index in [0.717, 1.165) is 57.7 Å². The second-order valence-corrected chi connectivity index (χ2v) is 6.20. The van der Waals surface area contributed by atoms with Crippen LogP contribution in [-0.2, 0) is 29.9 Å². The summed E-state index contributed by atoms with van der Waals surface area (Å²) >= 11 is 0. The van der Waals surface area contributed by atoms with E-state index >= 15 is 0 Å². The summed E-state index contributed by atoms with van der Waals surface area (Å²) in [6.07, 6.45) is 6.03. The SMILES string of the molecule is C1=Cc2cc3ccc(cc4nc(cc5ccc(cc1n2)[nH]5)CC4)[nH]3.[Cu]. The standard InChI is InChI=1S/C20H16N4.Cu/c1-2-14-10-16-5-6-18(23-16)12-20-8-7-19(24-20)11-17-4-3-15(22-17)9-13(1)21-14;/h1-6,9-12,22-23H,7-8H2;. The van der Waals surface area contributed by atoms with Gasteiger partial charge in [-0.1, -0.05) is 0 Å². The fourth-order valence-electron chi connectivity index (χ4n) is 3.19. The summed E-state index contributed by atoms with van der Waals surface area (Å²) in [4.78, 5) is 16.2. The number of aryl methyl sites for hydroxylation is 2. The molecule has 0 amide bonds. The Hall–Kier alpha value is -2.62. The van der Waals surface area contributed by atoms with Crippen molar-refractivity contribution in [1.29, 1.82) is 0 Å². The van der Waals surface area contributed by atoms with Gasteiger partial charge in [0, 0.05) is 50.5 Å². The van der Waals surface area contributed by atoms with Gasteiger partial charge in [0.05, 0.1) is 11.4 Å². The molecular weight excluding hydrogens is 360 g/mol. The van der Waals surface area contributed by atoms with Crippen molar-refractivity contribution in [3.8, 4) is 0 Å². The molecule has 127 valence electrons. The third-order valence-electron chi connectivity index (χ3n) is 4.32. The van der Waals surface area contributed by atoms with Crippen molar-refractivity contribution in [2.75, 3.05) is 0 Å². The first-order valence-corrected chi connectivity index (χ1v) is 8.14. The molecule has 0 atom stereocenters. The molecule has 2 aliphatic heterocycles. The van der Waals surface area contributed by atoms with Crippen LogP contribution in [0.1, 0.15) is 22.8 Å². The van der Waals surface area contributed by atoms with Crippen molar-refractivity contribution < 1.29 is 17.1 Å². The van der Waals surface area contributed by atoms with E-state index in [2.05, 4.69) is 63.5 Å². The van der Waals surface area contributed by atoms with E-state index in [0.29, 0.717) is 0 Å². The molecule has 0 spiro atoms. The third kappa shape index (κ3) is 3.29. The van der Waals surface area contributed by atoms with Gasteiger partial charge in [0.2, 0.25) is 0 Å². The maximum absolute atomic E-state index is 4.75. The summed E-state index contributed by atoms with van der Waals surface area (Å²) < 4.78 is 0. The second kappa shape index (κ2) is 6.36. The maximum Gasteiger partial charge on any atom is 0.0658 e. The first-order chi connectivity index (χ1) is 11.8. The molecule has 2 N–H and O–H groups in total. The number of fused-ring (bicyclic) bond motifs is 8. The van der Waals surface area contributed by atoms with Gasteiger partial charge in [-0.3, -0.25) is 4.98 Å². The summed E-state index contributed by atoms with van der Waals surface area (Å²) in [6.45, 7) is 0. The molecule has 8 bridgehead atoms. The van der Waals surface area contributed by atoms with E-state index in [4.69, 9.17) is 4.98 Å². The van der Waals surface area contributed by atoms with Gasteiger partial charge in [0.15, 0.2) is 0 Å². The Morgan fingerprint density at radius 1 is 0.600 bits per heavy atom. The number of hydrogen-bond acceptors (Lipinski definition) is 2. The van der Waals surface area contributed by atoms with Crippen LogP contribution in [0.15, 0.2) is 48.5 Å². The molecule has 25 heavy (non-hydrogen) atoms. The van der Waals surface area contributed by atoms with Gasteiger partial charge in [-0.25, -0.2) is 4.98 Å². The number of nitrogens with one attached hydrogen (secondary N) is 2. The zero-order valence-corrected chi connectivity index (χ0v) is 14.3. The smallest absolute Gasteiger partial charge is 0.0658 e. The Kier molecular flexibility index (Phi) is 4.04. The number of H-pyrrole nitrogens is 2. The molecule has 0 saturated heterocycles. The molecule has 3 aromatic rings. The first-order valence-electron chi connectivity index (χ1n) is 8.14. The molecule has 5 rings (SSSR count). The average molecular weight is 376 g/mol. The average Bonchev–Trinajstić information content (AvgIpc) is 3.32. The minimum Gasteiger partial charge on any atom is -0.355 e. The fraction of sp³-hybridized carbons (Fsp3) is 0.100. The van der Waals surface area contributed by atoms with Crippen LogP contribution in [0.25, 0.3) is 34.2 Å². The van der Waals surface area contributed by atoms with Crippen molar-refractivity contribution in [3.63, 3.8) is 0 Å². The van der Waals surface area contributed by atoms with Crippen molar-refractivity contribution in [1.82, 2.24) is 19.9 Å². The Morgan fingerprint density at radius 2 is 1.04 bits per heavy atom. The fourth-order valence-corrected chi connectivity index (χ4v) is 3.19. The van der Waals surface area contributed by atoms with E-state index in [1.54, 1.807) is 0 Å². The number of rotatable bonds is 0. The van der Waals surface area contributed by atoms with Crippen LogP contribution in [-0.4, -0.2) is 19.9 Å². The maximum atomic E-state index is 4.75. The number of aromatic nitrogens is 4. The molecule has 5 heteroatoms. The van der Waals surface area contributed by atoms with E-state index in [-0.39, 0.29) is 17.1 Å². The Balaban J connectivity index is 0.00000157. The van der Waals surface area contributed by atoms with Crippen molar-refractivity contribution >= 4 is 34.2 Å². The molecule has 5 heterocycles. The van der Waals surface area contributed by atoms with Crippen LogP contribution in [0.3, 0.4) is 0 Å². The summed E-state index contributed by atoms with van der Waals surface area (Å²) in [6, 6.07) is 16.7. The van der Waals surface area contributed by atoms with Gasteiger partial charge < -0.3 is 9.97 Å².